The molecule has 2 rings (SSSR count). The summed E-state index contributed by atoms with van der Waals surface area (Å²) in [6, 6.07) is 3.66. The number of rotatable bonds is 2. The van der Waals surface area contributed by atoms with Crippen LogP contribution in [-0.2, 0) is 6.61 Å². The third-order valence-electron chi connectivity index (χ3n) is 1.95. The van der Waals surface area contributed by atoms with Crippen molar-refractivity contribution in [1.82, 2.24) is 4.98 Å². The number of pyridine rings is 1. The van der Waals surface area contributed by atoms with Crippen LogP contribution in [-0.4, -0.2) is 15.8 Å². The lowest BCUT2D eigenvalue weighted by Crippen LogP contribution is -2.00. The third-order valence-corrected chi connectivity index (χ3v) is 1.95. The molecule has 0 aliphatic carbocycles. The minimum atomic E-state index is 0.0518. The molecular formula is C10H10N2O. The highest BCUT2D eigenvalue weighted by molar-refractivity contribution is 6.01. The molecule has 0 atom stereocenters. The summed E-state index contributed by atoms with van der Waals surface area (Å²) in [6.45, 7) is 0.0518. The van der Waals surface area contributed by atoms with Gasteiger partial charge in [0.05, 0.1) is 18.0 Å². The summed E-state index contributed by atoms with van der Waals surface area (Å²) in [4.78, 5) is 8.36. The molecule has 1 aliphatic rings. The third kappa shape index (κ3) is 1.65. The molecule has 0 saturated heterocycles. The van der Waals surface area contributed by atoms with Crippen molar-refractivity contribution < 1.29 is 5.11 Å². The SMILES string of the molecule is OCc1ccnc(C2=NC=CC2)c1. The summed E-state index contributed by atoms with van der Waals surface area (Å²) < 4.78 is 0. The average Bonchev–Trinajstić information content (AvgIpc) is 2.71. The monoisotopic (exact) mass is 174 g/mol. The van der Waals surface area contributed by atoms with Gasteiger partial charge < -0.3 is 5.11 Å². The van der Waals surface area contributed by atoms with Gasteiger partial charge in [0.1, 0.15) is 0 Å². The van der Waals surface area contributed by atoms with Crippen molar-refractivity contribution in [1.29, 1.82) is 0 Å². The van der Waals surface area contributed by atoms with Crippen LogP contribution < -0.4 is 0 Å². The van der Waals surface area contributed by atoms with E-state index in [1.54, 1.807) is 18.5 Å². The molecule has 0 radical (unpaired) electrons. The summed E-state index contributed by atoms with van der Waals surface area (Å²) in [6.07, 6.45) is 6.30. The maximum atomic E-state index is 8.92. The summed E-state index contributed by atoms with van der Waals surface area (Å²) in [7, 11) is 0. The van der Waals surface area contributed by atoms with Crippen LogP contribution in [0.4, 0.5) is 0 Å². The minimum absolute atomic E-state index is 0.0518. The number of hydrogen-bond acceptors (Lipinski definition) is 3. The molecule has 0 spiro atoms. The standard InChI is InChI=1S/C10H10N2O/c13-7-8-3-5-12-10(6-8)9-2-1-4-11-9/h1,3-6,13H,2,7H2. The van der Waals surface area contributed by atoms with Crippen LogP contribution in [0.1, 0.15) is 17.7 Å². The highest BCUT2D eigenvalue weighted by Gasteiger charge is 2.06. The molecule has 0 unspecified atom stereocenters. The maximum absolute atomic E-state index is 8.92. The minimum Gasteiger partial charge on any atom is -0.392 e. The molecule has 0 saturated carbocycles. The fourth-order valence-corrected chi connectivity index (χ4v) is 1.26. The van der Waals surface area contributed by atoms with Gasteiger partial charge >= 0.3 is 0 Å². The molecule has 1 aromatic heterocycles. The van der Waals surface area contributed by atoms with Gasteiger partial charge in [-0.15, -0.1) is 0 Å². The highest BCUT2D eigenvalue weighted by Crippen LogP contribution is 2.10. The Bertz CT molecular complexity index is 369. The van der Waals surface area contributed by atoms with Crippen LogP contribution in [0.2, 0.25) is 0 Å². The maximum Gasteiger partial charge on any atom is 0.0851 e. The van der Waals surface area contributed by atoms with E-state index in [0.29, 0.717) is 0 Å². The number of nitrogens with zero attached hydrogens (tertiary/aromatic N) is 2. The molecule has 2 heterocycles. The Kier molecular flexibility index (Phi) is 2.19. The van der Waals surface area contributed by atoms with E-state index in [0.717, 1.165) is 23.4 Å². The van der Waals surface area contributed by atoms with Crippen LogP contribution >= 0.6 is 0 Å². The van der Waals surface area contributed by atoms with Crippen molar-refractivity contribution in [2.75, 3.05) is 0 Å². The first-order chi connectivity index (χ1) is 6.40. The Labute approximate surface area is 76.5 Å². The number of hydrogen-bond donors (Lipinski definition) is 1. The van der Waals surface area contributed by atoms with Gasteiger partial charge in [-0.1, -0.05) is 6.08 Å². The quantitative estimate of drug-likeness (QED) is 0.734. The van der Waals surface area contributed by atoms with Crippen LogP contribution in [0.5, 0.6) is 0 Å². The van der Waals surface area contributed by atoms with Gasteiger partial charge in [0.2, 0.25) is 0 Å². The molecule has 3 heteroatoms. The van der Waals surface area contributed by atoms with Crippen LogP contribution in [0.15, 0.2) is 35.6 Å². The first-order valence-corrected chi connectivity index (χ1v) is 4.18. The van der Waals surface area contributed by atoms with Gasteiger partial charge in [-0.25, -0.2) is 0 Å². The summed E-state index contributed by atoms with van der Waals surface area (Å²) in [5.41, 5.74) is 2.70. The Balaban J connectivity index is 2.30. The van der Waals surface area contributed by atoms with Gasteiger partial charge in [0.15, 0.2) is 0 Å². The van der Waals surface area contributed by atoms with Crippen molar-refractivity contribution in [3.63, 3.8) is 0 Å². The first kappa shape index (κ1) is 8.13. The molecule has 3 nitrogen and oxygen atoms in total. The second-order valence-corrected chi connectivity index (χ2v) is 2.87. The summed E-state index contributed by atoms with van der Waals surface area (Å²) in [5, 5.41) is 8.92. The molecule has 0 aromatic carbocycles. The van der Waals surface area contributed by atoms with E-state index >= 15 is 0 Å². The Hall–Kier alpha value is -1.48. The number of allylic oxidation sites excluding steroid dienone is 1. The Morgan fingerprint density at radius 3 is 3.08 bits per heavy atom. The van der Waals surface area contributed by atoms with E-state index in [2.05, 4.69) is 9.98 Å². The predicted molar refractivity (Wildman–Crippen MR) is 50.5 cm³/mol. The van der Waals surface area contributed by atoms with Crippen molar-refractivity contribution in [3.8, 4) is 0 Å². The molecular weight excluding hydrogens is 164 g/mol. The van der Waals surface area contributed by atoms with Crippen LogP contribution in [0.3, 0.4) is 0 Å². The van der Waals surface area contributed by atoms with Gasteiger partial charge in [-0.2, -0.15) is 0 Å². The van der Waals surface area contributed by atoms with Gasteiger partial charge in [0.25, 0.3) is 0 Å². The van der Waals surface area contributed by atoms with Crippen molar-refractivity contribution >= 4 is 5.71 Å². The summed E-state index contributed by atoms with van der Waals surface area (Å²) >= 11 is 0. The zero-order valence-electron chi connectivity index (χ0n) is 7.14. The van der Waals surface area contributed by atoms with E-state index in [9.17, 15) is 0 Å². The van der Waals surface area contributed by atoms with E-state index in [1.807, 2.05) is 12.1 Å². The second-order valence-electron chi connectivity index (χ2n) is 2.87. The zero-order valence-corrected chi connectivity index (χ0v) is 7.14. The Morgan fingerprint density at radius 1 is 1.46 bits per heavy atom. The lowest BCUT2D eigenvalue weighted by molar-refractivity contribution is 0.281. The lowest BCUT2D eigenvalue weighted by Gasteiger charge is -2.00. The van der Waals surface area contributed by atoms with Crippen molar-refractivity contribution in [2.45, 2.75) is 13.0 Å². The Morgan fingerprint density at radius 2 is 2.38 bits per heavy atom. The molecule has 1 aromatic rings. The molecule has 13 heavy (non-hydrogen) atoms. The largest absolute Gasteiger partial charge is 0.392 e. The molecule has 1 N–H and O–H groups in total. The van der Waals surface area contributed by atoms with E-state index in [-0.39, 0.29) is 6.61 Å². The lowest BCUT2D eigenvalue weighted by atomic mass is 10.1. The number of aromatic nitrogens is 1. The number of aliphatic hydroxyl groups is 1. The molecule has 0 bridgehead atoms. The summed E-state index contributed by atoms with van der Waals surface area (Å²) in [5.74, 6) is 0. The fraction of sp³-hybridized carbons (Fsp3) is 0.200. The van der Waals surface area contributed by atoms with Gasteiger partial charge in [-0.05, 0) is 17.7 Å². The van der Waals surface area contributed by atoms with E-state index in [4.69, 9.17) is 5.11 Å². The van der Waals surface area contributed by atoms with Crippen molar-refractivity contribution in [2.24, 2.45) is 4.99 Å². The van der Waals surface area contributed by atoms with E-state index < -0.39 is 0 Å². The average molecular weight is 174 g/mol. The fourth-order valence-electron chi connectivity index (χ4n) is 1.26. The number of aliphatic imine (C=N–C) groups is 1. The molecule has 0 fully saturated rings. The predicted octanol–water partition coefficient (Wildman–Crippen LogP) is 1.28. The molecule has 1 aliphatic heterocycles. The number of aliphatic hydroxyl groups excluding tert-OH is 1. The molecule has 66 valence electrons. The van der Waals surface area contributed by atoms with Crippen LogP contribution in [0, 0.1) is 0 Å². The smallest absolute Gasteiger partial charge is 0.0851 e. The van der Waals surface area contributed by atoms with E-state index in [1.165, 1.54) is 0 Å². The van der Waals surface area contributed by atoms with Crippen molar-refractivity contribution in [3.05, 3.63) is 41.9 Å². The normalized spacial score (nSPS) is 14.7. The van der Waals surface area contributed by atoms with Gasteiger partial charge in [-0.3, -0.25) is 9.98 Å². The van der Waals surface area contributed by atoms with Gasteiger partial charge in [0, 0.05) is 18.8 Å². The first-order valence-electron chi connectivity index (χ1n) is 4.18. The second kappa shape index (κ2) is 3.49. The molecule has 0 amide bonds. The van der Waals surface area contributed by atoms with Crippen LogP contribution in [0.25, 0.3) is 0 Å². The topological polar surface area (TPSA) is 45.5 Å². The zero-order chi connectivity index (χ0) is 9.10. The highest BCUT2D eigenvalue weighted by atomic mass is 16.3.